The first-order chi connectivity index (χ1) is 10.7. The van der Waals surface area contributed by atoms with Gasteiger partial charge in [0.2, 0.25) is 0 Å². The third kappa shape index (κ3) is 2.86. The molecular formula is C15H15FN2O4S. The lowest BCUT2D eigenvalue weighted by atomic mass is 10.0. The predicted molar refractivity (Wildman–Crippen MR) is 80.6 cm³/mol. The Hall–Kier alpha value is -2.22. The zero-order chi connectivity index (χ0) is 16.8. The van der Waals surface area contributed by atoms with Crippen LogP contribution in [0.4, 0.5) is 4.39 Å². The van der Waals surface area contributed by atoms with Crippen LogP contribution < -0.4 is 0 Å². The number of hydrogen-bond acceptors (Lipinski definition) is 5. The molecule has 8 heteroatoms. The Morgan fingerprint density at radius 1 is 1.43 bits per heavy atom. The highest BCUT2D eigenvalue weighted by Crippen LogP contribution is 2.30. The molecule has 6 nitrogen and oxygen atoms in total. The molecule has 1 unspecified atom stereocenters. The zero-order valence-electron chi connectivity index (χ0n) is 12.4. The molecule has 1 atom stereocenters. The Balaban J connectivity index is 1.93. The van der Waals surface area contributed by atoms with Gasteiger partial charge in [0.1, 0.15) is 11.6 Å². The van der Waals surface area contributed by atoms with E-state index in [-0.39, 0.29) is 28.4 Å². The van der Waals surface area contributed by atoms with E-state index in [1.807, 2.05) is 0 Å². The number of hydrogen-bond donors (Lipinski definition) is 1. The van der Waals surface area contributed by atoms with Crippen LogP contribution in [0.15, 0.2) is 30.6 Å². The molecule has 0 aliphatic carbocycles. The van der Waals surface area contributed by atoms with E-state index in [1.54, 1.807) is 6.92 Å². The van der Waals surface area contributed by atoms with Crippen LogP contribution in [0.1, 0.15) is 29.3 Å². The molecule has 1 saturated heterocycles. The lowest BCUT2D eigenvalue weighted by molar-refractivity contribution is 0.103. The quantitative estimate of drug-likeness (QED) is 0.857. The van der Waals surface area contributed by atoms with Crippen molar-refractivity contribution in [3.63, 3.8) is 0 Å². The molecule has 2 aromatic rings. The van der Waals surface area contributed by atoms with Crippen LogP contribution in [0, 0.1) is 5.82 Å². The monoisotopic (exact) mass is 338 g/mol. The predicted octanol–water partition coefficient (Wildman–Crippen LogP) is 1.49. The van der Waals surface area contributed by atoms with E-state index in [2.05, 4.69) is 5.10 Å². The van der Waals surface area contributed by atoms with Gasteiger partial charge in [-0.2, -0.15) is 5.10 Å². The van der Waals surface area contributed by atoms with Crippen molar-refractivity contribution in [3.8, 4) is 5.75 Å². The lowest BCUT2D eigenvalue weighted by Gasteiger charge is -2.22. The highest BCUT2D eigenvalue weighted by molar-refractivity contribution is 7.91. The Morgan fingerprint density at radius 3 is 2.83 bits per heavy atom. The molecule has 0 amide bonds. The van der Waals surface area contributed by atoms with Crippen molar-refractivity contribution in [2.45, 2.75) is 18.9 Å². The summed E-state index contributed by atoms with van der Waals surface area (Å²) in [6.45, 7) is 1.76. The molecule has 1 aromatic heterocycles. The van der Waals surface area contributed by atoms with Gasteiger partial charge in [0.25, 0.3) is 0 Å². The van der Waals surface area contributed by atoms with Gasteiger partial charge in [0.15, 0.2) is 15.6 Å². The number of aromatic hydroxyl groups is 1. The van der Waals surface area contributed by atoms with Crippen molar-refractivity contribution >= 4 is 15.6 Å². The molecule has 0 radical (unpaired) electrons. The first kappa shape index (κ1) is 15.7. The summed E-state index contributed by atoms with van der Waals surface area (Å²) in [5, 5.41) is 13.8. The van der Waals surface area contributed by atoms with Crippen LogP contribution >= 0.6 is 0 Å². The minimum absolute atomic E-state index is 0.0411. The lowest BCUT2D eigenvalue weighted by Crippen LogP contribution is -2.31. The van der Waals surface area contributed by atoms with E-state index in [0.717, 1.165) is 18.2 Å². The van der Waals surface area contributed by atoms with Gasteiger partial charge in [-0.05, 0) is 31.5 Å². The topological polar surface area (TPSA) is 89.3 Å². The summed E-state index contributed by atoms with van der Waals surface area (Å²) in [5.41, 5.74) is -0.702. The molecule has 0 spiro atoms. The number of carbonyl (C=O) groups is 1. The highest BCUT2D eigenvalue weighted by Gasteiger charge is 2.40. The summed E-state index contributed by atoms with van der Waals surface area (Å²) in [6, 6.07) is 3.12. The van der Waals surface area contributed by atoms with Crippen LogP contribution in [0.25, 0.3) is 0 Å². The normalized spacial score (nSPS) is 23.0. The van der Waals surface area contributed by atoms with Crippen LogP contribution in [0.2, 0.25) is 0 Å². The Bertz CT molecular complexity index is 891. The van der Waals surface area contributed by atoms with Crippen LogP contribution in [-0.2, 0) is 15.4 Å². The van der Waals surface area contributed by atoms with Crippen molar-refractivity contribution in [3.05, 3.63) is 47.5 Å². The maximum Gasteiger partial charge on any atom is 0.200 e. The van der Waals surface area contributed by atoms with Gasteiger partial charge < -0.3 is 5.11 Å². The Labute approximate surface area is 132 Å². The Morgan fingerprint density at radius 2 is 2.17 bits per heavy atom. The fourth-order valence-corrected chi connectivity index (χ4v) is 4.87. The second-order valence-electron chi connectivity index (χ2n) is 6.00. The highest BCUT2D eigenvalue weighted by atomic mass is 32.2. The number of phenols is 1. The average molecular weight is 338 g/mol. The molecular weight excluding hydrogens is 323 g/mol. The molecule has 1 fully saturated rings. The van der Waals surface area contributed by atoms with E-state index < -0.39 is 27.0 Å². The van der Waals surface area contributed by atoms with Gasteiger partial charge in [-0.1, -0.05) is 0 Å². The summed E-state index contributed by atoms with van der Waals surface area (Å²) < 4.78 is 38.1. The summed E-state index contributed by atoms with van der Waals surface area (Å²) in [5.74, 6) is -1.48. The van der Waals surface area contributed by atoms with E-state index in [9.17, 15) is 22.7 Å². The first-order valence-corrected chi connectivity index (χ1v) is 8.81. The standard InChI is InChI=1S/C15H15FN2O4S/c1-15(4-5-23(21,22)9-15)18-8-10(7-17-18)14(20)12-6-11(16)2-3-13(12)19/h2-3,6-8,19H,4-5,9H2,1H3. The number of phenolic OH excluding ortho intramolecular Hbond substituents is 1. The first-order valence-electron chi connectivity index (χ1n) is 6.99. The summed E-state index contributed by atoms with van der Waals surface area (Å²) in [7, 11) is -3.11. The van der Waals surface area contributed by atoms with Crippen molar-refractivity contribution in [1.82, 2.24) is 9.78 Å². The molecule has 1 aliphatic heterocycles. The van der Waals surface area contributed by atoms with E-state index >= 15 is 0 Å². The summed E-state index contributed by atoms with van der Waals surface area (Å²) in [6.07, 6.45) is 3.15. The fraction of sp³-hybridized carbons (Fsp3) is 0.333. The number of halogens is 1. The van der Waals surface area contributed by atoms with E-state index in [0.29, 0.717) is 6.42 Å². The molecule has 3 rings (SSSR count). The van der Waals surface area contributed by atoms with Gasteiger partial charge in [-0.25, -0.2) is 12.8 Å². The van der Waals surface area contributed by atoms with Crippen molar-refractivity contribution in [2.75, 3.05) is 11.5 Å². The SMILES string of the molecule is CC1(n2cc(C(=O)c3cc(F)ccc3O)cn2)CCS(=O)(=O)C1. The summed E-state index contributed by atoms with van der Waals surface area (Å²) >= 11 is 0. The molecule has 23 heavy (non-hydrogen) atoms. The minimum Gasteiger partial charge on any atom is -0.507 e. The third-order valence-corrected chi connectivity index (χ3v) is 5.97. The second-order valence-corrected chi connectivity index (χ2v) is 8.19. The van der Waals surface area contributed by atoms with Crippen LogP contribution in [-0.4, -0.2) is 40.6 Å². The van der Waals surface area contributed by atoms with Gasteiger partial charge >= 0.3 is 0 Å². The number of aromatic nitrogens is 2. The number of benzene rings is 1. The van der Waals surface area contributed by atoms with Crippen molar-refractivity contribution in [1.29, 1.82) is 0 Å². The number of rotatable bonds is 3. The largest absolute Gasteiger partial charge is 0.507 e. The molecule has 0 saturated carbocycles. The van der Waals surface area contributed by atoms with Gasteiger partial charge in [0.05, 0.1) is 34.4 Å². The minimum atomic E-state index is -3.11. The molecule has 122 valence electrons. The molecule has 1 aliphatic rings. The van der Waals surface area contributed by atoms with Gasteiger partial charge in [0, 0.05) is 6.20 Å². The van der Waals surface area contributed by atoms with Crippen LogP contribution in [0.5, 0.6) is 5.75 Å². The zero-order valence-corrected chi connectivity index (χ0v) is 13.2. The second kappa shape index (κ2) is 5.16. The summed E-state index contributed by atoms with van der Waals surface area (Å²) in [4.78, 5) is 12.4. The maximum atomic E-state index is 13.3. The average Bonchev–Trinajstić information content (AvgIpc) is 3.07. The third-order valence-electron chi connectivity index (χ3n) is 4.08. The Kier molecular flexibility index (Phi) is 3.51. The number of carbonyl (C=O) groups excluding carboxylic acids is 1. The smallest absolute Gasteiger partial charge is 0.200 e. The number of ketones is 1. The van der Waals surface area contributed by atoms with Gasteiger partial charge in [-0.3, -0.25) is 9.48 Å². The van der Waals surface area contributed by atoms with E-state index in [1.165, 1.54) is 17.1 Å². The molecule has 0 bridgehead atoms. The van der Waals surface area contributed by atoms with Crippen molar-refractivity contribution in [2.24, 2.45) is 0 Å². The molecule has 2 heterocycles. The van der Waals surface area contributed by atoms with Crippen molar-refractivity contribution < 1.29 is 22.7 Å². The number of sulfone groups is 1. The molecule has 1 aromatic carbocycles. The van der Waals surface area contributed by atoms with Gasteiger partial charge in [-0.15, -0.1) is 0 Å². The van der Waals surface area contributed by atoms with Crippen LogP contribution in [0.3, 0.4) is 0 Å². The fourth-order valence-electron chi connectivity index (χ4n) is 2.76. The maximum absolute atomic E-state index is 13.3. The number of nitrogens with zero attached hydrogens (tertiary/aromatic N) is 2. The molecule has 1 N–H and O–H groups in total. The van der Waals surface area contributed by atoms with E-state index in [4.69, 9.17) is 0 Å².